The summed E-state index contributed by atoms with van der Waals surface area (Å²) in [5, 5.41) is 12.3. The molecule has 28 heavy (non-hydrogen) atoms. The molecule has 0 unspecified atom stereocenters. The zero-order chi connectivity index (χ0) is 19.3. The fraction of sp³-hybridized carbons (Fsp3) is 0.667. The summed E-state index contributed by atoms with van der Waals surface area (Å²) in [6, 6.07) is 0. The van der Waals surface area contributed by atoms with Crippen LogP contribution < -0.4 is 15.1 Å². The van der Waals surface area contributed by atoms with Crippen LogP contribution in [0.4, 0.5) is 17.6 Å². The van der Waals surface area contributed by atoms with Gasteiger partial charge in [-0.05, 0) is 12.8 Å². The molecule has 0 radical (unpaired) electrons. The summed E-state index contributed by atoms with van der Waals surface area (Å²) in [6.45, 7) is 3.68. The maximum absolute atomic E-state index is 11.8. The third kappa shape index (κ3) is 4.17. The van der Waals surface area contributed by atoms with Gasteiger partial charge in [-0.25, -0.2) is 15.0 Å². The minimum Gasteiger partial charge on any atom is -0.395 e. The summed E-state index contributed by atoms with van der Waals surface area (Å²) >= 11 is 0. The van der Waals surface area contributed by atoms with E-state index in [-0.39, 0.29) is 6.61 Å². The number of rotatable bonds is 5. The molecule has 0 bridgehead atoms. The van der Waals surface area contributed by atoms with Crippen molar-refractivity contribution >= 4 is 39.4 Å². The number of nitrogens with one attached hydrogen (secondary N) is 1. The third-order valence-corrected chi connectivity index (χ3v) is 6.50. The number of anilines is 3. The highest BCUT2D eigenvalue weighted by molar-refractivity contribution is 7.85. The molecule has 2 aromatic rings. The SMILES string of the molecule is O=S1CCN(c2nc(NCCO)nc3c(N4CCCCCC4)ncnc23)CC1. The summed E-state index contributed by atoms with van der Waals surface area (Å²) in [4.78, 5) is 22.9. The van der Waals surface area contributed by atoms with E-state index in [4.69, 9.17) is 4.98 Å². The van der Waals surface area contributed by atoms with Gasteiger partial charge in [-0.2, -0.15) is 4.98 Å². The van der Waals surface area contributed by atoms with Crippen molar-refractivity contribution in [3.05, 3.63) is 6.33 Å². The summed E-state index contributed by atoms with van der Waals surface area (Å²) in [5.74, 6) is 3.34. The predicted octanol–water partition coefficient (Wildman–Crippen LogP) is 0.773. The molecule has 152 valence electrons. The fourth-order valence-electron chi connectivity index (χ4n) is 3.75. The highest BCUT2D eigenvalue weighted by Gasteiger charge is 2.24. The molecule has 4 rings (SSSR count). The summed E-state index contributed by atoms with van der Waals surface area (Å²) in [5.41, 5.74) is 1.47. The van der Waals surface area contributed by atoms with E-state index < -0.39 is 10.8 Å². The van der Waals surface area contributed by atoms with E-state index >= 15 is 0 Å². The van der Waals surface area contributed by atoms with E-state index in [0.29, 0.717) is 37.1 Å². The molecule has 2 N–H and O–H groups in total. The largest absolute Gasteiger partial charge is 0.395 e. The Morgan fingerprint density at radius 3 is 2.36 bits per heavy atom. The average Bonchev–Trinajstić information content (AvgIpc) is 3.01. The number of hydrogen-bond acceptors (Lipinski definition) is 9. The van der Waals surface area contributed by atoms with E-state index in [1.165, 1.54) is 12.8 Å². The minimum atomic E-state index is -0.763. The Morgan fingerprint density at radius 1 is 0.929 bits per heavy atom. The molecule has 10 heteroatoms. The van der Waals surface area contributed by atoms with Crippen LogP contribution in [0.3, 0.4) is 0 Å². The lowest BCUT2D eigenvalue weighted by molar-refractivity contribution is 0.311. The molecule has 2 aromatic heterocycles. The lowest BCUT2D eigenvalue weighted by atomic mass is 10.2. The second kappa shape index (κ2) is 8.95. The normalized spacial score (nSPS) is 19.0. The quantitative estimate of drug-likeness (QED) is 0.746. The molecule has 0 aromatic carbocycles. The Morgan fingerprint density at radius 2 is 1.64 bits per heavy atom. The van der Waals surface area contributed by atoms with Crippen LogP contribution in [0.25, 0.3) is 11.0 Å². The summed E-state index contributed by atoms with van der Waals surface area (Å²) < 4.78 is 11.8. The first-order valence-corrected chi connectivity index (χ1v) is 11.5. The van der Waals surface area contributed by atoms with E-state index in [9.17, 15) is 9.32 Å². The average molecular weight is 406 g/mol. The summed E-state index contributed by atoms with van der Waals surface area (Å²) in [6.07, 6.45) is 6.38. The van der Waals surface area contributed by atoms with Crippen LogP contribution in [0.2, 0.25) is 0 Å². The smallest absolute Gasteiger partial charge is 0.225 e. The van der Waals surface area contributed by atoms with Crippen LogP contribution in [-0.2, 0) is 10.8 Å². The molecule has 0 amide bonds. The predicted molar refractivity (Wildman–Crippen MR) is 111 cm³/mol. The van der Waals surface area contributed by atoms with Gasteiger partial charge in [-0.15, -0.1) is 0 Å². The van der Waals surface area contributed by atoms with Gasteiger partial charge in [0.25, 0.3) is 0 Å². The Bertz CT molecular complexity index is 832. The maximum Gasteiger partial charge on any atom is 0.225 e. The van der Waals surface area contributed by atoms with Gasteiger partial charge in [0.1, 0.15) is 17.4 Å². The molecule has 0 spiro atoms. The lowest BCUT2D eigenvalue weighted by Crippen LogP contribution is -2.38. The molecule has 2 saturated heterocycles. The van der Waals surface area contributed by atoms with Crippen LogP contribution in [0.15, 0.2) is 6.33 Å². The second-order valence-electron chi connectivity index (χ2n) is 7.15. The zero-order valence-electron chi connectivity index (χ0n) is 16.0. The third-order valence-electron chi connectivity index (χ3n) is 5.22. The molecular weight excluding hydrogens is 378 g/mol. The molecule has 4 heterocycles. The first-order chi connectivity index (χ1) is 13.8. The van der Waals surface area contributed by atoms with Gasteiger partial charge in [0.2, 0.25) is 5.95 Å². The van der Waals surface area contributed by atoms with Crippen molar-refractivity contribution in [3.63, 3.8) is 0 Å². The number of aliphatic hydroxyl groups is 1. The van der Waals surface area contributed by atoms with Crippen molar-refractivity contribution in [2.75, 3.05) is 66.0 Å². The molecule has 2 aliphatic rings. The van der Waals surface area contributed by atoms with Gasteiger partial charge >= 0.3 is 0 Å². The van der Waals surface area contributed by atoms with Crippen LogP contribution in [-0.4, -0.2) is 80.1 Å². The van der Waals surface area contributed by atoms with Crippen molar-refractivity contribution in [1.29, 1.82) is 0 Å². The number of nitrogens with zero attached hydrogens (tertiary/aromatic N) is 6. The van der Waals surface area contributed by atoms with Gasteiger partial charge in [0.15, 0.2) is 11.6 Å². The standard InChI is InChI=1S/C18H27N7O2S/c26-10-5-19-18-22-15-14(17(23-18)25-8-11-28(27)12-9-25)20-13-21-16(15)24-6-3-1-2-4-7-24/h13,26H,1-12H2,(H,19,22,23). The van der Waals surface area contributed by atoms with Gasteiger partial charge in [0, 0.05) is 55.0 Å². The molecule has 2 aliphatic heterocycles. The Hall–Kier alpha value is -2.07. The first-order valence-electron chi connectivity index (χ1n) is 9.98. The van der Waals surface area contributed by atoms with Crippen LogP contribution in [0, 0.1) is 0 Å². The first kappa shape index (κ1) is 19.3. The maximum atomic E-state index is 11.8. The minimum absolute atomic E-state index is 0.00367. The van der Waals surface area contributed by atoms with Gasteiger partial charge in [-0.3, -0.25) is 4.21 Å². The van der Waals surface area contributed by atoms with Crippen molar-refractivity contribution in [1.82, 2.24) is 19.9 Å². The zero-order valence-corrected chi connectivity index (χ0v) is 16.8. The number of fused-ring (bicyclic) bond motifs is 1. The Balaban J connectivity index is 1.78. The Labute approximate surface area is 167 Å². The van der Waals surface area contributed by atoms with Crippen LogP contribution in [0.5, 0.6) is 0 Å². The lowest BCUT2D eigenvalue weighted by Gasteiger charge is -2.29. The van der Waals surface area contributed by atoms with Gasteiger partial charge < -0.3 is 20.2 Å². The molecular formula is C18H27N7O2S. The molecule has 0 aliphatic carbocycles. The van der Waals surface area contributed by atoms with Gasteiger partial charge in [0.05, 0.1) is 6.61 Å². The van der Waals surface area contributed by atoms with Crippen molar-refractivity contribution in [3.8, 4) is 0 Å². The van der Waals surface area contributed by atoms with E-state index in [1.807, 2.05) is 0 Å². The van der Waals surface area contributed by atoms with E-state index in [1.54, 1.807) is 6.33 Å². The molecule has 9 nitrogen and oxygen atoms in total. The fourth-order valence-corrected chi connectivity index (χ4v) is 4.80. The second-order valence-corrected chi connectivity index (χ2v) is 8.85. The van der Waals surface area contributed by atoms with E-state index in [2.05, 4.69) is 30.1 Å². The number of aliphatic hydroxyl groups excluding tert-OH is 1. The molecule has 0 saturated carbocycles. The monoisotopic (exact) mass is 405 g/mol. The van der Waals surface area contributed by atoms with Crippen LogP contribution >= 0.6 is 0 Å². The van der Waals surface area contributed by atoms with Crippen LogP contribution in [0.1, 0.15) is 25.7 Å². The highest BCUT2D eigenvalue weighted by atomic mass is 32.2. The van der Waals surface area contributed by atoms with E-state index in [0.717, 1.165) is 48.6 Å². The number of aromatic nitrogens is 4. The number of hydrogen-bond donors (Lipinski definition) is 2. The molecule has 0 atom stereocenters. The topological polar surface area (TPSA) is 107 Å². The van der Waals surface area contributed by atoms with Crippen molar-refractivity contribution in [2.45, 2.75) is 25.7 Å². The van der Waals surface area contributed by atoms with Crippen molar-refractivity contribution in [2.24, 2.45) is 0 Å². The Kier molecular flexibility index (Phi) is 6.16. The molecule has 2 fully saturated rings. The van der Waals surface area contributed by atoms with Gasteiger partial charge in [-0.1, -0.05) is 12.8 Å². The highest BCUT2D eigenvalue weighted by Crippen LogP contribution is 2.30. The van der Waals surface area contributed by atoms with Crippen molar-refractivity contribution < 1.29 is 9.32 Å². The summed E-state index contributed by atoms with van der Waals surface area (Å²) in [7, 11) is -0.763.